The third kappa shape index (κ3) is 46.2. The second-order valence-corrected chi connectivity index (χ2v) is 17.0. The van der Waals surface area contributed by atoms with Crippen LogP contribution in [0.15, 0.2) is 134 Å². The maximum atomic E-state index is 12.3. The highest BCUT2D eigenvalue weighted by Crippen LogP contribution is 2.43. The van der Waals surface area contributed by atoms with Gasteiger partial charge in [-0.1, -0.05) is 167 Å². The summed E-state index contributed by atoms with van der Waals surface area (Å²) in [6.45, 7) is 2.36. The normalized spacial score (nSPS) is 14.7. The number of esters is 1. The predicted molar refractivity (Wildman–Crippen MR) is 272 cm³/mol. The molecule has 0 aliphatic carbocycles. The fourth-order valence-electron chi connectivity index (χ4n) is 5.70. The Hall–Kier alpha value is -4.38. The number of hydrogen-bond donors (Lipinski definition) is 4. The van der Waals surface area contributed by atoms with E-state index in [1.165, 1.54) is 25.7 Å². The van der Waals surface area contributed by atoms with Crippen LogP contribution in [0.3, 0.4) is 0 Å². The Morgan fingerprint density at radius 2 is 0.894 bits per heavy atom. The molecule has 3 atom stereocenters. The predicted octanol–water partition coefficient (Wildman–Crippen LogP) is 13.3. The van der Waals surface area contributed by atoms with E-state index in [-0.39, 0.29) is 12.8 Å². The number of aliphatic hydroxyl groups is 1. The van der Waals surface area contributed by atoms with E-state index in [9.17, 15) is 34.1 Å². The number of phosphoric acid groups is 1. The number of rotatable bonds is 43. The minimum Gasteiger partial charge on any atom is -0.480 e. The van der Waals surface area contributed by atoms with Crippen molar-refractivity contribution in [2.24, 2.45) is 0 Å². The number of nitrogens with one attached hydrogen (secondary N) is 1. The number of allylic oxidation sites excluding steroid dienone is 22. The first-order valence-corrected chi connectivity index (χ1v) is 25.7. The molecule has 0 aromatic rings. The Balaban J connectivity index is 4.05. The number of aliphatic carboxylic acids is 1. The minimum atomic E-state index is -4.80. The topological polar surface area (TPSA) is 169 Å². The van der Waals surface area contributed by atoms with Crippen molar-refractivity contribution in [3.63, 3.8) is 0 Å². The van der Waals surface area contributed by atoms with Crippen LogP contribution in [0.4, 0.5) is 0 Å². The van der Waals surface area contributed by atoms with Crippen LogP contribution >= 0.6 is 7.82 Å². The SMILES string of the molecule is CC/C=C\C/C=C\C/C=C\C/C=C\C/C=C\C/C=C\C/C=C\CCCC(=O)NC(COP(=O)(O)OCC(O)COC(=O)CCCCC/C=C\C/C=C\C/C=C\C/C=C\CCCCC)C(=O)O. The third-order valence-corrected chi connectivity index (χ3v) is 10.4. The monoisotopic (exact) mass is 938 g/mol. The van der Waals surface area contributed by atoms with Crippen molar-refractivity contribution >= 4 is 25.7 Å². The smallest absolute Gasteiger partial charge is 0.472 e. The van der Waals surface area contributed by atoms with E-state index in [1.54, 1.807) is 0 Å². The van der Waals surface area contributed by atoms with Gasteiger partial charge in [-0.3, -0.25) is 18.6 Å². The third-order valence-electron chi connectivity index (χ3n) is 9.42. The Labute approximate surface area is 398 Å². The first kappa shape index (κ1) is 61.6. The zero-order valence-corrected chi connectivity index (χ0v) is 41.1. The van der Waals surface area contributed by atoms with Crippen LogP contribution in [0, 0.1) is 0 Å². The molecule has 3 unspecified atom stereocenters. The average Bonchev–Trinajstić information content (AvgIpc) is 3.29. The van der Waals surface area contributed by atoms with Gasteiger partial charge in [0.25, 0.3) is 0 Å². The largest absolute Gasteiger partial charge is 0.480 e. The van der Waals surface area contributed by atoms with Crippen molar-refractivity contribution in [2.75, 3.05) is 19.8 Å². The molecular weight excluding hydrogens is 854 g/mol. The van der Waals surface area contributed by atoms with Crippen LogP contribution in [0.25, 0.3) is 0 Å². The Morgan fingerprint density at radius 1 is 0.500 bits per heavy atom. The Morgan fingerprint density at radius 3 is 1.32 bits per heavy atom. The zero-order valence-electron chi connectivity index (χ0n) is 40.2. The Bertz CT molecular complexity index is 1620. The highest BCUT2D eigenvalue weighted by molar-refractivity contribution is 7.47. The minimum absolute atomic E-state index is 0.0539. The van der Waals surface area contributed by atoms with Crippen LogP contribution in [-0.4, -0.2) is 64.9 Å². The van der Waals surface area contributed by atoms with Crippen LogP contribution < -0.4 is 5.32 Å². The summed E-state index contributed by atoms with van der Waals surface area (Å²) in [5, 5.41) is 21.8. The van der Waals surface area contributed by atoms with Gasteiger partial charge >= 0.3 is 19.8 Å². The molecule has 11 nitrogen and oxygen atoms in total. The molecule has 0 radical (unpaired) electrons. The number of carboxylic acids is 1. The summed E-state index contributed by atoms with van der Waals surface area (Å²) in [6.07, 6.45) is 64.8. The molecule has 0 bridgehead atoms. The van der Waals surface area contributed by atoms with Crippen LogP contribution in [0.1, 0.15) is 155 Å². The van der Waals surface area contributed by atoms with Gasteiger partial charge in [0.15, 0.2) is 6.04 Å². The zero-order chi connectivity index (χ0) is 48.4. The molecule has 4 N–H and O–H groups in total. The number of carboxylic acid groups (broad SMARTS) is 1. The first-order valence-electron chi connectivity index (χ1n) is 24.2. The molecule has 1 amide bonds. The Kier molecular flexibility index (Phi) is 44.0. The molecule has 0 rings (SSSR count). The van der Waals surface area contributed by atoms with Gasteiger partial charge < -0.3 is 25.2 Å². The van der Waals surface area contributed by atoms with Crippen molar-refractivity contribution in [3.8, 4) is 0 Å². The van der Waals surface area contributed by atoms with Gasteiger partial charge in [0, 0.05) is 12.8 Å². The van der Waals surface area contributed by atoms with Crippen molar-refractivity contribution < 1.29 is 47.8 Å². The van der Waals surface area contributed by atoms with Gasteiger partial charge in [-0.2, -0.15) is 0 Å². The summed E-state index contributed by atoms with van der Waals surface area (Å²) in [6, 6.07) is -1.59. The van der Waals surface area contributed by atoms with Crippen LogP contribution in [0.2, 0.25) is 0 Å². The average molecular weight is 938 g/mol. The fraction of sp³-hybridized carbons (Fsp3) is 0.537. The molecule has 12 heteroatoms. The van der Waals surface area contributed by atoms with E-state index in [0.717, 1.165) is 83.5 Å². The van der Waals surface area contributed by atoms with Crippen molar-refractivity contribution in [1.82, 2.24) is 5.32 Å². The molecule has 66 heavy (non-hydrogen) atoms. The lowest BCUT2D eigenvalue weighted by Crippen LogP contribution is -2.43. The molecule has 0 heterocycles. The second kappa shape index (κ2) is 47.1. The molecule has 0 saturated carbocycles. The van der Waals surface area contributed by atoms with Gasteiger partial charge in [0.2, 0.25) is 5.91 Å². The highest BCUT2D eigenvalue weighted by atomic mass is 31.2. The number of carbonyl (C=O) groups excluding carboxylic acids is 2. The number of ether oxygens (including phenoxy) is 1. The lowest BCUT2D eigenvalue weighted by atomic mass is 10.1. The van der Waals surface area contributed by atoms with Crippen molar-refractivity contribution in [3.05, 3.63) is 134 Å². The molecular formula is C54H84NO10P. The fourth-order valence-corrected chi connectivity index (χ4v) is 6.47. The van der Waals surface area contributed by atoms with E-state index in [2.05, 4.69) is 141 Å². The summed E-state index contributed by atoms with van der Waals surface area (Å²) in [5.74, 6) is -2.51. The molecule has 0 aromatic heterocycles. The van der Waals surface area contributed by atoms with Gasteiger partial charge in [0.1, 0.15) is 12.7 Å². The van der Waals surface area contributed by atoms with E-state index in [4.69, 9.17) is 13.8 Å². The molecule has 0 spiro atoms. The molecule has 370 valence electrons. The van der Waals surface area contributed by atoms with E-state index in [1.807, 2.05) is 12.2 Å². The van der Waals surface area contributed by atoms with Crippen LogP contribution in [-0.2, 0) is 32.7 Å². The lowest BCUT2D eigenvalue weighted by Gasteiger charge is -2.18. The number of aliphatic hydroxyl groups excluding tert-OH is 1. The summed E-state index contributed by atoms with van der Waals surface area (Å²) in [5.41, 5.74) is 0. The van der Waals surface area contributed by atoms with Crippen LogP contribution in [0.5, 0.6) is 0 Å². The maximum absolute atomic E-state index is 12.3. The van der Waals surface area contributed by atoms with E-state index in [0.29, 0.717) is 19.3 Å². The highest BCUT2D eigenvalue weighted by Gasteiger charge is 2.28. The quantitative estimate of drug-likeness (QED) is 0.0200. The second-order valence-electron chi connectivity index (χ2n) is 15.6. The number of carbonyl (C=O) groups is 3. The first-order chi connectivity index (χ1) is 32.1. The van der Waals surface area contributed by atoms with E-state index < -0.39 is 57.6 Å². The number of amides is 1. The van der Waals surface area contributed by atoms with Gasteiger partial charge in [-0.05, 0) is 109 Å². The van der Waals surface area contributed by atoms with E-state index >= 15 is 0 Å². The standard InChI is InChI=1S/C54H84NO10P/c1-3-5-7-9-11-13-15-17-19-21-23-24-25-26-28-29-31-33-35-37-39-41-43-45-52(57)55-51(54(59)60)49-65-66(61,62)64-48-50(56)47-63-53(58)46-44-42-40-38-36-34-32-30-27-22-20-18-16-14-12-10-8-6-4-2/h5,7,11-14,17-20,23-24,26-28,30-31,33-34,36-37,39,50-51,56H,3-4,6,8-10,15-16,21-22,25,29,32,35,38,40-49H2,1-2H3,(H,55,57)(H,59,60)(H,61,62)/b7-5-,13-11-,14-12-,19-17-,20-18-,24-23-,28-26-,30-27-,33-31-,36-34-,39-37-. The van der Waals surface area contributed by atoms with Crippen molar-refractivity contribution in [2.45, 2.75) is 167 Å². The number of unbranched alkanes of at least 4 members (excludes halogenated alkanes) is 7. The molecule has 0 fully saturated rings. The van der Waals surface area contributed by atoms with Crippen molar-refractivity contribution in [1.29, 1.82) is 0 Å². The van der Waals surface area contributed by atoms with Gasteiger partial charge in [-0.15, -0.1) is 0 Å². The molecule has 0 saturated heterocycles. The lowest BCUT2D eigenvalue weighted by molar-refractivity contribution is -0.147. The molecule has 0 aromatic carbocycles. The van der Waals surface area contributed by atoms with Gasteiger partial charge in [-0.25, -0.2) is 9.36 Å². The molecule has 0 aliphatic rings. The molecule has 0 aliphatic heterocycles. The summed E-state index contributed by atoms with van der Waals surface area (Å²) in [4.78, 5) is 46.0. The maximum Gasteiger partial charge on any atom is 0.472 e. The summed E-state index contributed by atoms with van der Waals surface area (Å²) >= 11 is 0. The summed E-state index contributed by atoms with van der Waals surface area (Å²) < 4.78 is 26.9. The van der Waals surface area contributed by atoms with Gasteiger partial charge in [0.05, 0.1) is 13.2 Å². The summed E-state index contributed by atoms with van der Waals surface area (Å²) in [7, 11) is -4.80. The number of phosphoric ester groups is 1. The number of hydrogen-bond acceptors (Lipinski definition) is 8.